The van der Waals surface area contributed by atoms with E-state index < -0.39 is 0 Å². The van der Waals surface area contributed by atoms with E-state index in [4.69, 9.17) is 11.6 Å². The summed E-state index contributed by atoms with van der Waals surface area (Å²) in [7, 11) is 0. The first-order valence-corrected chi connectivity index (χ1v) is 6.38. The largest absolute Gasteiger partial charge is 0.348 e. The molecule has 2 saturated carbocycles. The van der Waals surface area contributed by atoms with Crippen LogP contribution in [-0.4, -0.2) is 21.9 Å². The Hall–Kier alpha value is -1.16. The van der Waals surface area contributed by atoms with Gasteiger partial charge in [-0.25, -0.2) is 4.98 Å². The molecule has 17 heavy (non-hydrogen) atoms. The van der Waals surface area contributed by atoms with Gasteiger partial charge in [0, 0.05) is 6.04 Å². The Bertz CT molecular complexity index is 451. The molecule has 2 aliphatic rings. The molecule has 90 valence electrons. The summed E-state index contributed by atoms with van der Waals surface area (Å²) in [5.74, 6) is 1.32. The molecule has 0 saturated heterocycles. The second kappa shape index (κ2) is 4.26. The zero-order valence-corrected chi connectivity index (χ0v) is 10.2. The standard InChI is InChI=1S/C12H14ClN3O/c13-11-6-14-5-10(15-11)12(17)16-9-4-7-1-2-8(9)3-7/h5-9H,1-4H2,(H,16,17). The minimum Gasteiger partial charge on any atom is -0.348 e. The fraction of sp³-hybridized carbons (Fsp3) is 0.583. The van der Waals surface area contributed by atoms with E-state index in [0.717, 1.165) is 12.3 Å². The smallest absolute Gasteiger partial charge is 0.271 e. The number of halogens is 1. The van der Waals surface area contributed by atoms with Crippen molar-refractivity contribution >= 4 is 17.5 Å². The van der Waals surface area contributed by atoms with Gasteiger partial charge in [-0.05, 0) is 31.1 Å². The van der Waals surface area contributed by atoms with Crippen molar-refractivity contribution in [3.05, 3.63) is 23.2 Å². The minimum atomic E-state index is -0.155. The van der Waals surface area contributed by atoms with Gasteiger partial charge < -0.3 is 5.32 Å². The maximum absolute atomic E-state index is 12.0. The van der Waals surface area contributed by atoms with Crippen LogP contribution in [0.3, 0.4) is 0 Å². The van der Waals surface area contributed by atoms with Crippen LogP contribution in [0.4, 0.5) is 0 Å². The zero-order chi connectivity index (χ0) is 11.8. The van der Waals surface area contributed by atoms with Crippen molar-refractivity contribution in [1.29, 1.82) is 0 Å². The highest BCUT2D eigenvalue weighted by Gasteiger charge is 2.40. The van der Waals surface area contributed by atoms with Crippen LogP contribution in [0.2, 0.25) is 5.15 Å². The van der Waals surface area contributed by atoms with E-state index in [0.29, 0.717) is 17.7 Å². The zero-order valence-electron chi connectivity index (χ0n) is 9.40. The second-order valence-electron chi connectivity index (χ2n) is 4.98. The fourth-order valence-electron chi connectivity index (χ4n) is 3.12. The number of nitrogens with zero attached hydrogens (tertiary/aromatic N) is 2. The molecule has 2 aliphatic carbocycles. The fourth-order valence-corrected chi connectivity index (χ4v) is 3.26. The van der Waals surface area contributed by atoms with Crippen molar-refractivity contribution < 1.29 is 4.79 Å². The van der Waals surface area contributed by atoms with Gasteiger partial charge in [0.15, 0.2) is 0 Å². The van der Waals surface area contributed by atoms with E-state index in [1.165, 1.54) is 31.7 Å². The van der Waals surface area contributed by atoms with Crippen LogP contribution in [0.25, 0.3) is 0 Å². The number of aromatic nitrogens is 2. The third-order valence-corrected chi connectivity index (χ3v) is 4.07. The predicted molar refractivity (Wildman–Crippen MR) is 63.7 cm³/mol. The summed E-state index contributed by atoms with van der Waals surface area (Å²) in [6.07, 6.45) is 7.84. The first-order valence-electron chi connectivity index (χ1n) is 6.01. The Kier molecular flexibility index (Phi) is 2.74. The van der Waals surface area contributed by atoms with Crippen LogP contribution >= 0.6 is 11.6 Å². The third kappa shape index (κ3) is 2.14. The number of hydrogen-bond donors (Lipinski definition) is 1. The molecule has 0 aromatic carbocycles. The summed E-state index contributed by atoms with van der Waals surface area (Å²) in [6.45, 7) is 0. The maximum atomic E-state index is 12.0. The molecule has 1 heterocycles. The SMILES string of the molecule is O=C(NC1CC2CCC1C2)c1cncc(Cl)n1. The Morgan fingerprint density at radius 2 is 2.24 bits per heavy atom. The molecule has 1 amide bonds. The molecular weight excluding hydrogens is 238 g/mol. The van der Waals surface area contributed by atoms with Crippen molar-refractivity contribution in [3.63, 3.8) is 0 Å². The Labute approximate surface area is 105 Å². The van der Waals surface area contributed by atoms with E-state index >= 15 is 0 Å². The lowest BCUT2D eigenvalue weighted by Gasteiger charge is -2.22. The van der Waals surface area contributed by atoms with Gasteiger partial charge in [0.05, 0.1) is 12.4 Å². The molecule has 0 aliphatic heterocycles. The van der Waals surface area contributed by atoms with E-state index in [1.807, 2.05) is 0 Å². The van der Waals surface area contributed by atoms with Gasteiger partial charge in [-0.3, -0.25) is 9.78 Å². The molecule has 1 N–H and O–H groups in total. The first-order chi connectivity index (χ1) is 8.22. The van der Waals surface area contributed by atoms with E-state index in [-0.39, 0.29) is 11.1 Å². The average Bonchev–Trinajstić information content (AvgIpc) is 2.91. The van der Waals surface area contributed by atoms with Gasteiger partial charge in [-0.1, -0.05) is 18.0 Å². The van der Waals surface area contributed by atoms with Crippen molar-refractivity contribution in [2.75, 3.05) is 0 Å². The molecule has 0 spiro atoms. The molecule has 1 aromatic heterocycles. The van der Waals surface area contributed by atoms with Crippen molar-refractivity contribution in [2.24, 2.45) is 11.8 Å². The normalized spacial score (nSPS) is 30.5. The molecule has 3 unspecified atom stereocenters. The topological polar surface area (TPSA) is 54.9 Å². The van der Waals surface area contributed by atoms with Crippen molar-refractivity contribution in [3.8, 4) is 0 Å². The summed E-state index contributed by atoms with van der Waals surface area (Å²) < 4.78 is 0. The highest BCUT2D eigenvalue weighted by molar-refractivity contribution is 6.29. The minimum absolute atomic E-state index is 0.155. The first kappa shape index (κ1) is 11.0. The van der Waals surface area contributed by atoms with Crippen LogP contribution in [0.15, 0.2) is 12.4 Å². The number of carbonyl (C=O) groups excluding carboxylic acids is 1. The van der Waals surface area contributed by atoms with E-state index in [1.54, 1.807) is 0 Å². The molecule has 2 fully saturated rings. The molecule has 5 heteroatoms. The summed E-state index contributed by atoms with van der Waals surface area (Å²) in [4.78, 5) is 19.8. The quantitative estimate of drug-likeness (QED) is 0.875. The Balaban J connectivity index is 1.68. The summed E-state index contributed by atoms with van der Waals surface area (Å²) in [6, 6.07) is 0.321. The maximum Gasteiger partial charge on any atom is 0.271 e. The molecule has 0 radical (unpaired) electrons. The lowest BCUT2D eigenvalue weighted by molar-refractivity contribution is 0.0917. The van der Waals surface area contributed by atoms with Crippen LogP contribution < -0.4 is 5.32 Å². The molecule has 3 atom stereocenters. The lowest BCUT2D eigenvalue weighted by Crippen LogP contribution is -2.38. The van der Waals surface area contributed by atoms with Gasteiger partial charge in [-0.2, -0.15) is 0 Å². The Morgan fingerprint density at radius 1 is 1.35 bits per heavy atom. The number of hydrogen-bond acceptors (Lipinski definition) is 3. The van der Waals surface area contributed by atoms with Crippen LogP contribution in [0, 0.1) is 11.8 Å². The number of nitrogens with one attached hydrogen (secondary N) is 1. The highest BCUT2D eigenvalue weighted by atomic mass is 35.5. The van der Waals surface area contributed by atoms with E-state index in [9.17, 15) is 4.79 Å². The second-order valence-corrected chi connectivity index (χ2v) is 5.37. The lowest BCUT2D eigenvalue weighted by atomic mass is 9.95. The van der Waals surface area contributed by atoms with Gasteiger partial charge in [0.2, 0.25) is 0 Å². The van der Waals surface area contributed by atoms with E-state index in [2.05, 4.69) is 15.3 Å². The molecule has 3 rings (SSSR count). The summed E-state index contributed by atoms with van der Waals surface area (Å²) in [5, 5.41) is 3.31. The predicted octanol–water partition coefficient (Wildman–Crippen LogP) is 2.05. The molecule has 1 aromatic rings. The molecule has 2 bridgehead atoms. The van der Waals surface area contributed by atoms with Crippen molar-refractivity contribution in [2.45, 2.75) is 31.7 Å². The van der Waals surface area contributed by atoms with Crippen LogP contribution in [0.5, 0.6) is 0 Å². The van der Waals surface area contributed by atoms with Crippen molar-refractivity contribution in [1.82, 2.24) is 15.3 Å². The van der Waals surface area contributed by atoms with Crippen LogP contribution in [-0.2, 0) is 0 Å². The molecular formula is C12H14ClN3O. The third-order valence-electron chi connectivity index (χ3n) is 3.89. The van der Waals surface area contributed by atoms with Crippen LogP contribution in [0.1, 0.15) is 36.2 Å². The highest BCUT2D eigenvalue weighted by Crippen LogP contribution is 2.44. The number of carbonyl (C=O) groups is 1. The molecule has 4 nitrogen and oxygen atoms in total. The Morgan fingerprint density at radius 3 is 2.88 bits per heavy atom. The number of fused-ring (bicyclic) bond motifs is 2. The summed E-state index contributed by atoms with van der Waals surface area (Å²) in [5.41, 5.74) is 0.306. The average molecular weight is 252 g/mol. The summed E-state index contributed by atoms with van der Waals surface area (Å²) >= 11 is 5.71. The van der Waals surface area contributed by atoms with Gasteiger partial charge in [-0.15, -0.1) is 0 Å². The van der Waals surface area contributed by atoms with Gasteiger partial charge >= 0.3 is 0 Å². The van der Waals surface area contributed by atoms with Gasteiger partial charge in [0.25, 0.3) is 5.91 Å². The monoisotopic (exact) mass is 251 g/mol. The number of rotatable bonds is 2. The number of amides is 1. The van der Waals surface area contributed by atoms with Gasteiger partial charge in [0.1, 0.15) is 10.8 Å².